The third kappa shape index (κ3) is 3.33. The highest BCUT2D eigenvalue weighted by Crippen LogP contribution is 2.43. The van der Waals surface area contributed by atoms with Crippen LogP contribution in [0.4, 0.5) is 8.78 Å². The maximum Gasteiger partial charge on any atom is 0.270 e. The molecule has 0 unspecified atom stereocenters. The number of halogens is 2. The summed E-state index contributed by atoms with van der Waals surface area (Å²) < 4.78 is 26.7. The lowest BCUT2D eigenvalue weighted by atomic mass is 9.71. The Morgan fingerprint density at radius 1 is 0.667 bits per heavy atom. The fraction of sp³-hybridized carbons (Fsp3) is 0.875. The molecule has 0 spiro atoms. The van der Waals surface area contributed by atoms with Gasteiger partial charge in [0.15, 0.2) is 0 Å². The first kappa shape index (κ1) is 14.0. The van der Waals surface area contributed by atoms with Crippen molar-refractivity contribution in [2.24, 2.45) is 23.7 Å². The molecule has 2 aliphatic rings. The molecule has 0 atom stereocenters. The lowest BCUT2D eigenvalue weighted by molar-refractivity contribution is 0.243. The Balaban J connectivity index is 2.03. The van der Waals surface area contributed by atoms with Crippen LogP contribution in [0.2, 0.25) is 0 Å². The van der Waals surface area contributed by atoms with Crippen molar-refractivity contribution in [2.45, 2.75) is 65.2 Å². The highest BCUT2D eigenvalue weighted by atomic mass is 19.3. The van der Waals surface area contributed by atoms with Crippen LogP contribution in [0.5, 0.6) is 0 Å². The van der Waals surface area contributed by atoms with Gasteiger partial charge in [-0.2, -0.15) is 8.78 Å². The maximum absolute atomic E-state index is 13.3. The van der Waals surface area contributed by atoms with Gasteiger partial charge in [0, 0.05) is 5.57 Å². The quantitative estimate of drug-likeness (QED) is 0.586. The van der Waals surface area contributed by atoms with Gasteiger partial charge in [-0.25, -0.2) is 0 Å². The molecule has 0 aromatic rings. The van der Waals surface area contributed by atoms with Gasteiger partial charge >= 0.3 is 0 Å². The van der Waals surface area contributed by atoms with Gasteiger partial charge in [0.2, 0.25) is 0 Å². The fourth-order valence-electron chi connectivity index (χ4n) is 3.78. The van der Waals surface area contributed by atoms with E-state index in [1.165, 1.54) is 0 Å². The van der Waals surface area contributed by atoms with E-state index < -0.39 is 6.08 Å². The summed E-state index contributed by atoms with van der Waals surface area (Å²) in [6.45, 7) is 4.49. The van der Waals surface area contributed by atoms with Crippen LogP contribution in [0.25, 0.3) is 0 Å². The number of hydrogen-bond acceptors (Lipinski definition) is 0. The zero-order valence-corrected chi connectivity index (χ0v) is 11.7. The van der Waals surface area contributed by atoms with Gasteiger partial charge in [-0.05, 0) is 49.4 Å². The summed E-state index contributed by atoms with van der Waals surface area (Å²) in [7, 11) is 0. The third-order valence-corrected chi connectivity index (χ3v) is 5.13. The van der Waals surface area contributed by atoms with E-state index in [-0.39, 0.29) is 11.8 Å². The first-order valence-electron chi connectivity index (χ1n) is 7.63. The summed E-state index contributed by atoms with van der Waals surface area (Å²) in [5.74, 6) is 1.84. The first-order chi connectivity index (χ1) is 8.58. The maximum atomic E-state index is 13.3. The van der Waals surface area contributed by atoms with Crippen molar-refractivity contribution in [3.8, 4) is 0 Å². The average molecular weight is 256 g/mol. The topological polar surface area (TPSA) is 0 Å². The zero-order valence-electron chi connectivity index (χ0n) is 11.7. The largest absolute Gasteiger partial charge is 0.270 e. The van der Waals surface area contributed by atoms with Crippen LogP contribution in [0, 0.1) is 23.7 Å². The Bertz CT molecular complexity index is 264. The molecule has 0 N–H and O–H groups in total. The molecule has 2 rings (SSSR count). The summed E-state index contributed by atoms with van der Waals surface area (Å²) in [6.07, 6.45) is 7.11. The van der Waals surface area contributed by atoms with Gasteiger partial charge in [-0.1, -0.05) is 39.5 Å². The third-order valence-electron chi connectivity index (χ3n) is 5.13. The van der Waals surface area contributed by atoms with Gasteiger partial charge in [0.1, 0.15) is 0 Å². The van der Waals surface area contributed by atoms with Crippen molar-refractivity contribution in [3.05, 3.63) is 11.7 Å². The average Bonchev–Trinajstić information content (AvgIpc) is 2.34. The highest BCUT2D eigenvalue weighted by Gasteiger charge is 2.31. The Morgan fingerprint density at radius 3 is 1.28 bits per heavy atom. The standard InChI is InChI=1S/C16H26F2/c1-11-3-7-13(8-4-11)15(16(17)18)14-9-5-12(2)6-10-14/h11-14H,3-10H2,1-2H3. The Kier molecular flexibility index (Phi) is 4.80. The van der Waals surface area contributed by atoms with Crippen molar-refractivity contribution in [1.29, 1.82) is 0 Å². The van der Waals surface area contributed by atoms with Crippen molar-refractivity contribution < 1.29 is 8.78 Å². The van der Waals surface area contributed by atoms with Crippen LogP contribution in [-0.4, -0.2) is 0 Å². The Labute approximate surface area is 110 Å². The van der Waals surface area contributed by atoms with Crippen LogP contribution in [0.3, 0.4) is 0 Å². The molecule has 2 heteroatoms. The molecule has 0 radical (unpaired) electrons. The fourth-order valence-corrected chi connectivity index (χ4v) is 3.78. The monoisotopic (exact) mass is 256 g/mol. The summed E-state index contributed by atoms with van der Waals surface area (Å²) >= 11 is 0. The van der Waals surface area contributed by atoms with E-state index in [1.807, 2.05) is 0 Å². The van der Waals surface area contributed by atoms with E-state index in [1.54, 1.807) is 0 Å². The van der Waals surface area contributed by atoms with E-state index in [9.17, 15) is 8.78 Å². The molecule has 0 saturated heterocycles. The molecule has 18 heavy (non-hydrogen) atoms. The normalized spacial score (nSPS) is 37.3. The number of rotatable bonds is 2. The van der Waals surface area contributed by atoms with Crippen LogP contribution in [0.1, 0.15) is 65.2 Å². The zero-order chi connectivity index (χ0) is 13.1. The number of hydrogen-bond donors (Lipinski definition) is 0. The molecule has 2 saturated carbocycles. The van der Waals surface area contributed by atoms with E-state index >= 15 is 0 Å². The minimum atomic E-state index is -1.35. The Hall–Kier alpha value is -0.400. The molecule has 0 aromatic carbocycles. The SMILES string of the molecule is CC1CCC(C(=C(F)F)C2CCC(C)CC2)CC1. The lowest BCUT2D eigenvalue weighted by Gasteiger charge is -2.34. The molecule has 0 nitrogen and oxygen atoms in total. The van der Waals surface area contributed by atoms with Crippen LogP contribution < -0.4 is 0 Å². The van der Waals surface area contributed by atoms with E-state index in [0.717, 1.165) is 63.2 Å². The Morgan fingerprint density at radius 2 is 1.00 bits per heavy atom. The second kappa shape index (κ2) is 6.16. The van der Waals surface area contributed by atoms with Gasteiger partial charge in [0.05, 0.1) is 0 Å². The predicted molar refractivity (Wildman–Crippen MR) is 71.5 cm³/mol. The van der Waals surface area contributed by atoms with Crippen molar-refractivity contribution >= 4 is 0 Å². The summed E-state index contributed by atoms with van der Waals surface area (Å²) in [6, 6.07) is 0. The smallest absolute Gasteiger partial charge is 0.173 e. The van der Waals surface area contributed by atoms with E-state index in [0.29, 0.717) is 5.57 Å². The second-order valence-corrected chi connectivity index (χ2v) is 6.63. The summed E-state index contributed by atoms with van der Waals surface area (Å²) in [5, 5.41) is 0. The molecule has 0 aromatic heterocycles. The lowest BCUT2D eigenvalue weighted by Crippen LogP contribution is -2.23. The van der Waals surface area contributed by atoms with Crippen molar-refractivity contribution in [1.82, 2.24) is 0 Å². The molecule has 0 amide bonds. The molecular weight excluding hydrogens is 230 g/mol. The van der Waals surface area contributed by atoms with Gasteiger partial charge in [-0.15, -0.1) is 0 Å². The number of allylic oxidation sites excluding steroid dienone is 1. The van der Waals surface area contributed by atoms with E-state index in [4.69, 9.17) is 0 Å². The summed E-state index contributed by atoms with van der Waals surface area (Å²) in [5.41, 5.74) is 0.550. The van der Waals surface area contributed by atoms with Crippen molar-refractivity contribution in [2.75, 3.05) is 0 Å². The molecule has 2 fully saturated rings. The van der Waals surface area contributed by atoms with Gasteiger partial charge < -0.3 is 0 Å². The molecule has 2 aliphatic carbocycles. The second-order valence-electron chi connectivity index (χ2n) is 6.63. The molecule has 0 heterocycles. The van der Waals surface area contributed by atoms with Crippen LogP contribution in [0.15, 0.2) is 11.7 Å². The minimum absolute atomic E-state index is 0.185. The first-order valence-corrected chi connectivity index (χ1v) is 7.63. The van der Waals surface area contributed by atoms with Gasteiger partial charge in [-0.3, -0.25) is 0 Å². The predicted octanol–water partition coefficient (Wildman–Crippen LogP) is 5.79. The minimum Gasteiger partial charge on any atom is -0.173 e. The van der Waals surface area contributed by atoms with E-state index in [2.05, 4.69) is 13.8 Å². The molecular formula is C16H26F2. The van der Waals surface area contributed by atoms with Gasteiger partial charge in [0.25, 0.3) is 6.08 Å². The highest BCUT2D eigenvalue weighted by molar-refractivity contribution is 5.13. The van der Waals surface area contributed by atoms with Crippen LogP contribution >= 0.6 is 0 Å². The molecule has 104 valence electrons. The molecule has 0 aliphatic heterocycles. The van der Waals surface area contributed by atoms with Crippen LogP contribution in [-0.2, 0) is 0 Å². The molecule has 0 bridgehead atoms. The summed E-state index contributed by atoms with van der Waals surface area (Å²) in [4.78, 5) is 0. The van der Waals surface area contributed by atoms with Crippen molar-refractivity contribution in [3.63, 3.8) is 0 Å².